The van der Waals surface area contributed by atoms with Crippen LogP contribution in [0, 0.1) is 6.92 Å². The van der Waals surface area contributed by atoms with Gasteiger partial charge in [-0.2, -0.15) is 0 Å². The lowest BCUT2D eigenvalue weighted by molar-refractivity contribution is -0.0824. The number of aliphatic hydroxyl groups excluding tert-OH is 2. The third-order valence-corrected chi connectivity index (χ3v) is 12.8. The second-order valence-corrected chi connectivity index (χ2v) is 16.0. The summed E-state index contributed by atoms with van der Waals surface area (Å²) in [7, 11) is -2.99. The monoisotopic (exact) mass is 578 g/mol. The SMILES string of the molecule is Cc1cn([C@H]2C[C@H](O[Si](c3ccccc3)(c3ccccc3)C(C)(C)C)[C@@H]([C@@H](O)CC/C=C\CCO)O2)c(=O)[nH]c1=O. The van der Waals surface area contributed by atoms with E-state index in [-0.39, 0.29) is 11.6 Å². The number of aromatic nitrogens is 2. The van der Waals surface area contributed by atoms with Crippen LogP contribution >= 0.6 is 0 Å². The fourth-order valence-corrected chi connectivity index (χ4v) is 10.4. The molecule has 1 aromatic heterocycles. The van der Waals surface area contributed by atoms with Crippen molar-refractivity contribution in [1.82, 2.24) is 9.55 Å². The summed E-state index contributed by atoms with van der Waals surface area (Å²) in [6.07, 6.45) is 4.47. The summed E-state index contributed by atoms with van der Waals surface area (Å²) in [5.74, 6) is 0. The van der Waals surface area contributed by atoms with Crippen LogP contribution in [-0.4, -0.2) is 53.0 Å². The Morgan fingerprint density at radius 3 is 2.20 bits per heavy atom. The Kier molecular flexibility index (Phi) is 9.99. The normalized spacial score (nSPS) is 20.5. The number of H-pyrrole nitrogens is 1. The Hall–Kier alpha value is -3.08. The van der Waals surface area contributed by atoms with E-state index in [0.29, 0.717) is 31.2 Å². The maximum absolute atomic E-state index is 12.8. The molecule has 4 rings (SSSR count). The maximum Gasteiger partial charge on any atom is 0.330 e. The van der Waals surface area contributed by atoms with Crippen LogP contribution in [0.15, 0.2) is 88.6 Å². The molecule has 0 radical (unpaired) electrons. The Morgan fingerprint density at radius 2 is 1.63 bits per heavy atom. The van der Waals surface area contributed by atoms with Crippen LogP contribution in [0.4, 0.5) is 0 Å². The number of hydrogen-bond donors (Lipinski definition) is 3. The van der Waals surface area contributed by atoms with Gasteiger partial charge in [-0.05, 0) is 41.6 Å². The Labute approximate surface area is 242 Å². The highest BCUT2D eigenvalue weighted by Gasteiger charge is 2.54. The smallest absolute Gasteiger partial charge is 0.330 e. The van der Waals surface area contributed by atoms with Crippen molar-refractivity contribution in [1.29, 1.82) is 0 Å². The summed E-state index contributed by atoms with van der Waals surface area (Å²) in [6, 6.07) is 20.5. The number of aryl methyl sites for hydroxylation is 1. The van der Waals surface area contributed by atoms with E-state index < -0.39 is 44.1 Å². The van der Waals surface area contributed by atoms with Crippen molar-refractivity contribution >= 4 is 18.7 Å². The lowest BCUT2D eigenvalue weighted by Crippen LogP contribution is -2.68. The van der Waals surface area contributed by atoms with E-state index in [1.165, 1.54) is 10.8 Å². The van der Waals surface area contributed by atoms with Crippen molar-refractivity contribution in [2.45, 2.75) is 83.0 Å². The number of aliphatic hydroxyl groups is 2. The zero-order valence-corrected chi connectivity index (χ0v) is 25.3. The van der Waals surface area contributed by atoms with Crippen LogP contribution in [0.3, 0.4) is 0 Å². The van der Waals surface area contributed by atoms with Gasteiger partial charge >= 0.3 is 5.69 Å². The Bertz CT molecular complexity index is 1370. The predicted octanol–water partition coefficient (Wildman–Crippen LogP) is 3.16. The molecule has 3 N–H and O–H groups in total. The van der Waals surface area contributed by atoms with Crippen LogP contribution < -0.4 is 21.6 Å². The van der Waals surface area contributed by atoms with Crippen molar-refractivity contribution in [2.75, 3.05) is 6.61 Å². The van der Waals surface area contributed by atoms with E-state index in [0.717, 1.165) is 10.4 Å². The molecular weight excluding hydrogens is 536 g/mol. The topological polar surface area (TPSA) is 114 Å². The molecule has 220 valence electrons. The summed E-state index contributed by atoms with van der Waals surface area (Å²) >= 11 is 0. The molecule has 2 heterocycles. The summed E-state index contributed by atoms with van der Waals surface area (Å²) in [5.41, 5.74) is -0.594. The first-order valence-electron chi connectivity index (χ1n) is 14.3. The van der Waals surface area contributed by atoms with Crippen LogP contribution in [0.5, 0.6) is 0 Å². The van der Waals surface area contributed by atoms with Gasteiger partial charge in [-0.25, -0.2) is 4.79 Å². The highest BCUT2D eigenvalue weighted by atomic mass is 28.4. The number of nitrogens with one attached hydrogen (secondary N) is 1. The van der Waals surface area contributed by atoms with Gasteiger partial charge in [0.1, 0.15) is 12.3 Å². The molecule has 0 unspecified atom stereocenters. The van der Waals surface area contributed by atoms with Crippen molar-refractivity contribution in [2.24, 2.45) is 0 Å². The highest BCUT2D eigenvalue weighted by molar-refractivity contribution is 6.99. The number of benzene rings is 2. The van der Waals surface area contributed by atoms with Crippen molar-refractivity contribution in [3.05, 3.63) is 105 Å². The number of hydrogen-bond acceptors (Lipinski definition) is 6. The van der Waals surface area contributed by atoms with Gasteiger partial charge < -0.3 is 19.4 Å². The third kappa shape index (κ3) is 6.71. The lowest BCUT2D eigenvalue weighted by Gasteiger charge is -2.45. The van der Waals surface area contributed by atoms with Crippen molar-refractivity contribution in [3.63, 3.8) is 0 Å². The molecule has 0 bridgehead atoms. The zero-order chi connectivity index (χ0) is 29.6. The molecule has 0 spiro atoms. The van der Waals surface area contributed by atoms with Gasteiger partial charge in [0.05, 0.1) is 12.2 Å². The molecule has 0 aliphatic carbocycles. The van der Waals surface area contributed by atoms with E-state index in [1.54, 1.807) is 6.92 Å². The molecule has 2 aromatic carbocycles. The van der Waals surface area contributed by atoms with E-state index >= 15 is 0 Å². The Balaban J connectivity index is 1.78. The van der Waals surface area contributed by atoms with Gasteiger partial charge in [0.25, 0.3) is 13.9 Å². The first-order valence-corrected chi connectivity index (χ1v) is 16.2. The van der Waals surface area contributed by atoms with Gasteiger partial charge in [-0.15, -0.1) is 0 Å². The summed E-state index contributed by atoms with van der Waals surface area (Å²) < 4.78 is 15.2. The predicted molar refractivity (Wildman–Crippen MR) is 163 cm³/mol. The molecule has 1 fully saturated rings. The quantitative estimate of drug-likeness (QED) is 0.238. The van der Waals surface area contributed by atoms with E-state index in [9.17, 15) is 14.7 Å². The molecule has 8 nitrogen and oxygen atoms in total. The van der Waals surface area contributed by atoms with Gasteiger partial charge in [-0.3, -0.25) is 14.3 Å². The number of aromatic amines is 1. The van der Waals surface area contributed by atoms with Crippen molar-refractivity contribution in [3.8, 4) is 0 Å². The summed E-state index contributed by atoms with van der Waals surface area (Å²) in [6.45, 7) is 8.30. The first kappa shape index (κ1) is 30.9. The van der Waals surface area contributed by atoms with Gasteiger partial charge in [0.15, 0.2) is 0 Å². The second kappa shape index (κ2) is 13.3. The second-order valence-electron chi connectivity index (χ2n) is 11.7. The zero-order valence-electron chi connectivity index (χ0n) is 24.3. The van der Waals surface area contributed by atoms with Gasteiger partial charge in [0.2, 0.25) is 0 Å². The minimum atomic E-state index is -2.99. The first-order chi connectivity index (χ1) is 19.6. The molecule has 1 aliphatic heterocycles. The standard InChI is InChI=1S/C32H42N2O6Si/c1-23-22-34(31(38)33-30(23)37)28-21-27(29(39-28)26(36)19-13-5-6-14-20-35)40-41(32(2,3)4,24-15-9-7-10-16-24)25-17-11-8-12-18-25/h5-12,15-18,22,26-29,35-36H,13-14,19-21H2,1-4H3,(H,33,37,38)/b6-5-/t26-,27-,28+,29+/m0/s1. The molecule has 3 aromatic rings. The largest absolute Gasteiger partial charge is 0.402 e. The molecule has 41 heavy (non-hydrogen) atoms. The Morgan fingerprint density at radius 1 is 1.05 bits per heavy atom. The molecule has 1 saturated heterocycles. The van der Waals surface area contributed by atoms with Gasteiger partial charge in [0, 0.05) is 24.8 Å². The lowest BCUT2D eigenvalue weighted by atomic mass is 10.0. The van der Waals surface area contributed by atoms with E-state index in [1.807, 2.05) is 48.6 Å². The minimum Gasteiger partial charge on any atom is -0.402 e. The number of nitrogens with zero attached hydrogens (tertiary/aromatic N) is 1. The van der Waals surface area contributed by atoms with E-state index in [4.69, 9.17) is 14.3 Å². The molecule has 0 amide bonds. The fraction of sp³-hybridized carbons (Fsp3) is 0.438. The highest BCUT2D eigenvalue weighted by Crippen LogP contribution is 2.42. The minimum absolute atomic E-state index is 0.0776. The van der Waals surface area contributed by atoms with Crippen LogP contribution in [0.2, 0.25) is 5.04 Å². The van der Waals surface area contributed by atoms with Crippen LogP contribution in [0.1, 0.15) is 58.2 Å². The molecule has 4 atom stereocenters. The van der Waals surface area contributed by atoms with Crippen LogP contribution in [0.25, 0.3) is 0 Å². The number of allylic oxidation sites excluding steroid dienone is 1. The summed E-state index contributed by atoms with van der Waals surface area (Å²) in [5, 5.41) is 22.4. The van der Waals surface area contributed by atoms with Gasteiger partial charge in [-0.1, -0.05) is 93.6 Å². The molecule has 9 heteroatoms. The fourth-order valence-electron chi connectivity index (χ4n) is 5.75. The molecule has 1 aliphatic rings. The average Bonchev–Trinajstić information content (AvgIpc) is 3.37. The average molecular weight is 579 g/mol. The maximum atomic E-state index is 12.8. The summed E-state index contributed by atoms with van der Waals surface area (Å²) in [4.78, 5) is 27.3. The molecular formula is C32H42N2O6Si. The molecule has 0 saturated carbocycles. The van der Waals surface area contributed by atoms with E-state index in [2.05, 4.69) is 50.0 Å². The number of rotatable bonds is 11. The van der Waals surface area contributed by atoms with Crippen LogP contribution in [-0.2, 0) is 9.16 Å². The number of ether oxygens (including phenoxy) is 1. The van der Waals surface area contributed by atoms with Crippen molar-refractivity contribution < 1.29 is 19.4 Å². The third-order valence-electron chi connectivity index (χ3n) is 7.79.